The summed E-state index contributed by atoms with van der Waals surface area (Å²) in [5.74, 6) is -0.811. The van der Waals surface area contributed by atoms with Crippen molar-refractivity contribution in [1.82, 2.24) is 0 Å². The molecular weight excluding hydrogens is 1120 g/mol. The fraction of sp³-hybridized carbons (Fsp3) is 0.823. The number of carbonyl (C=O) groups is 2. The number of quaternary nitrogens is 1. The minimum atomic E-state index is -4.64. The largest absolute Gasteiger partial charge is 0.756 e. The zero-order chi connectivity index (χ0) is 64.8. The number of ether oxygens (including phenoxy) is 2. The van der Waals surface area contributed by atoms with Gasteiger partial charge in [0.15, 0.2) is 6.10 Å². The van der Waals surface area contributed by atoms with Crippen molar-refractivity contribution < 1.29 is 42.1 Å². The maximum atomic E-state index is 12.9. The van der Waals surface area contributed by atoms with Crippen molar-refractivity contribution in [2.45, 2.75) is 373 Å². The number of phosphoric ester groups is 1. The molecule has 0 bridgehead atoms. The molecule has 2 unspecified atom stereocenters. The third-order valence-corrected chi connectivity index (χ3v) is 18.0. The summed E-state index contributed by atoms with van der Waals surface area (Å²) in [5, 5.41) is 0. The van der Waals surface area contributed by atoms with Crippen LogP contribution < -0.4 is 4.89 Å². The zero-order valence-electron chi connectivity index (χ0n) is 59.4. The van der Waals surface area contributed by atoms with Crippen LogP contribution in [0.3, 0.4) is 0 Å². The molecule has 0 aromatic heterocycles. The summed E-state index contributed by atoms with van der Waals surface area (Å²) in [5.41, 5.74) is 0. The fourth-order valence-electron chi connectivity index (χ4n) is 11.2. The van der Waals surface area contributed by atoms with E-state index in [1.54, 1.807) is 0 Å². The van der Waals surface area contributed by atoms with Crippen molar-refractivity contribution in [1.29, 1.82) is 0 Å². The maximum Gasteiger partial charge on any atom is 0.306 e. The highest BCUT2D eigenvalue weighted by molar-refractivity contribution is 7.45. The molecule has 0 saturated carbocycles. The second kappa shape index (κ2) is 69.8. The van der Waals surface area contributed by atoms with Crippen molar-refractivity contribution in [3.8, 4) is 0 Å². The summed E-state index contributed by atoms with van der Waals surface area (Å²) < 4.78 is 34.4. The van der Waals surface area contributed by atoms with Crippen LogP contribution in [0.4, 0.5) is 0 Å². The average Bonchev–Trinajstić information content (AvgIpc) is 3.60. The highest BCUT2D eigenvalue weighted by Crippen LogP contribution is 2.38. The Balaban J connectivity index is 3.92. The highest BCUT2D eigenvalue weighted by Gasteiger charge is 2.22. The van der Waals surface area contributed by atoms with E-state index >= 15 is 0 Å². The molecule has 0 aromatic rings. The zero-order valence-corrected chi connectivity index (χ0v) is 60.3. The molecule has 0 spiro atoms. The quantitative estimate of drug-likeness (QED) is 0.0195. The Morgan fingerprint density at radius 2 is 0.640 bits per heavy atom. The molecule has 0 heterocycles. The number of esters is 2. The van der Waals surface area contributed by atoms with Crippen LogP contribution in [0.1, 0.15) is 367 Å². The number of carbonyl (C=O) groups excluding carboxylic acids is 2. The van der Waals surface area contributed by atoms with Crippen molar-refractivity contribution in [2.75, 3.05) is 47.5 Å². The molecule has 10 heteroatoms. The monoisotopic (exact) mass is 1270 g/mol. The smallest absolute Gasteiger partial charge is 0.306 e. The molecule has 0 aliphatic carbocycles. The Labute approximate surface area is 552 Å². The molecule has 0 N–H and O–H groups in total. The molecular formula is C79H146NO8P. The van der Waals surface area contributed by atoms with Gasteiger partial charge in [-0.15, -0.1) is 0 Å². The number of allylic oxidation sites excluding steroid dienone is 12. The summed E-state index contributed by atoms with van der Waals surface area (Å²) >= 11 is 0. The first-order valence-corrected chi connectivity index (χ1v) is 39.6. The van der Waals surface area contributed by atoms with E-state index < -0.39 is 26.5 Å². The molecule has 9 nitrogen and oxygen atoms in total. The summed E-state index contributed by atoms with van der Waals surface area (Å²) in [6, 6.07) is 0. The van der Waals surface area contributed by atoms with Crippen molar-refractivity contribution in [3.63, 3.8) is 0 Å². The van der Waals surface area contributed by atoms with Gasteiger partial charge in [0.2, 0.25) is 0 Å². The van der Waals surface area contributed by atoms with E-state index in [1.165, 1.54) is 263 Å². The van der Waals surface area contributed by atoms with Crippen molar-refractivity contribution in [2.24, 2.45) is 0 Å². The van der Waals surface area contributed by atoms with Crippen LogP contribution in [0.5, 0.6) is 0 Å². The standard InChI is InChI=1S/C79H146NO8P/c1-6-8-10-12-14-16-18-20-22-24-26-28-30-32-33-34-35-36-37-38-39-40-41-42-43-44-45-46-47-48-50-52-54-56-58-60-62-64-66-68-70-72-79(82)88-77(76-87-89(83,84)86-74-73-80(3,4)5)75-85-78(81)71-69-67-65-63-61-59-57-55-53-51-49-31-29-27-25-23-21-19-17-15-13-11-9-7-2/h8,10,14,16,20,22,26,28,32-33,35-36,77H,6-7,9,11-13,15,17-19,21,23-25,27,29-31,34,37-76H2,1-5H3/b10-8-,16-14-,22-20-,28-26-,33-32-,36-35-. The van der Waals surface area contributed by atoms with E-state index in [0.717, 1.165) is 70.6 Å². The lowest BCUT2D eigenvalue weighted by Crippen LogP contribution is -2.37. The van der Waals surface area contributed by atoms with Crippen LogP contribution in [0.15, 0.2) is 72.9 Å². The van der Waals surface area contributed by atoms with E-state index in [2.05, 4.69) is 86.8 Å². The third kappa shape index (κ3) is 74.4. The first-order chi connectivity index (χ1) is 43.5. The molecule has 0 aromatic carbocycles. The number of unbranched alkanes of at least 4 members (excludes halogenated alkanes) is 45. The van der Waals surface area contributed by atoms with Crippen LogP contribution in [0.25, 0.3) is 0 Å². The molecule has 0 saturated heterocycles. The Kier molecular flexibility index (Phi) is 67.8. The van der Waals surface area contributed by atoms with Crippen molar-refractivity contribution >= 4 is 19.8 Å². The van der Waals surface area contributed by atoms with Gasteiger partial charge in [0.05, 0.1) is 27.7 Å². The maximum absolute atomic E-state index is 12.9. The van der Waals surface area contributed by atoms with Crippen LogP contribution in [-0.2, 0) is 32.7 Å². The van der Waals surface area contributed by atoms with Gasteiger partial charge in [-0.25, -0.2) is 0 Å². The summed E-state index contributed by atoms with van der Waals surface area (Å²) in [4.78, 5) is 38.1. The Bertz CT molecular complexity index is 1730. The number of rotatable bonds is 71. The van der Waals surface area contributed by atoms with Crippen LogP contribution in [-0.4, -0.2) is 70.0 Å². The van der Waals surface area contributed by atoms with E-state index in [-0.39, 0.29) is 32.0 Å². The molecule has 0 amide bonds. The van der Waals surface area contributed by atoms with Gasteiger partial charge in [0, 0.05) is 12.8 Å². The SMILES string of the molecule is CC/C=C\C/C=C\C/C=C\C/C=C\C/C=C\C/C=C\CCCCCCCCCCCCCCCCCCCCCCCCC(=O)OC(COC(=O)CCCCCCCCCCCCCCCCCCCCCCCCCC)COP(=O)([O-])OCC[N+](C)(C)C. The summed E-state index contributed by atoms with van der Waals surface area (Å²) in [6.07, 6.45) is 94.4. The molecule has 0 radical (unpaired) electrons. The van der Waals surface area contributed by atoms with E-state index in [0.29, 0.717) is 17.4 Å². The molecule has 2 atom stereocenters. The van der Waals surface area contributed by atoms with Crippen LogP contribution in [0.2, 0.25) is 0 Å². The Hall–Kier alpha value is -2.55. The van der Waals surface area contributed by atoms with Gasteiger partial charge >= 0.3 is 11.9 Å². The first kappa shape index (κ1) is 86.5. The Morgan fingerprint density at radius 1 is 0.360 bits per heavy atom. The second-order valence-electron chi connectivity index (χ2n) is 27.0. The second-order valence-corrected chi connectivity index (χ2v) is 28.4. The van der Waals surface area contributed by atoms with Gasteiger partial charge in [-0.3, -0.25) is 14.2 Å². The highest BCUT2D eigenvalue weighted by atomic mass is 31.2. The van der Waals surface area contributed by atoms with Crippen LogP contribution >= 0.6 is 7.82 Å². The van der Waals surface area contributed by atoms with Crippen LogP contribution in [0, 0.1) is 0 Å². The third-order valence-electron chi connectivity index (χ3n) is 17.0. The summed E-state index contributed by atoms with van der Waals surface area (Å²) in [6.45, 7) is 4.19. The molecule has 0 fully saturated rings. The number of likely N-dealkylation sites (N-methyl/N-ethyl adjacent to an activating group) is 1. The predicted molar refractivity (Wildman–Crippen MR) is 383 cm³/mol. The lowest BCUT2D eigenvalue weighted by Gasteiger charge is -2.28. The average molecular weight is 1270 g/mol. The molecule has 0 aliphatic rings. The fourth-order valence-corrected chi connectivity index (χ4v) is 11.9. The van der Waals surface area contributed by atoms with Gasteiger partial charge < -0.3 is 27.9 Å². The van der Waals surface area contributed by atoms with Gasteiger partial charge in [0.1, 0.15) is 19.8 Å². The van der Waals surface area contributed by atoms with Gasteiger partial charge in [-0.1, -0.05) is 363 Å². The number of hydrogen-bond donors (Lipinski definition) is 0. The number of hydrogen-bond acceptors (Lipinski definition) is 8. The van der Waals surface area contributed by atoms with E-state index in [9.17, 15) is 19.0 Å². The van der Waals surface area contributed by atoms with Gasteiger partial charge in [-0.05, 0) is 64.2 Å². The van der Waals surface area contributed by atoms with Gasteiger partial charge in [0.25, 0.3) is 7.82 Å². The van der Waals surface area contributed by atoms with E-state index in [4.69, 9.17) is 18.5 Å². The minimum absolute atomic E-state index is 0.0284. The lowest BCUT2D eigenvalue weighted by molar-refractivity contribution is -0.870. The molecule has 89 heavy (non-hydrogen) atoms. The number of nitrogens with zero attached hydrogens (tertiary/aromatic N) is 1. The van der Waals surface area contributed by atoms with E-state index in [1.807, 2.05) is 21.1 Å². The molecule has 0 aliphatic heterocycles. The minimum Gasteiger partial charge on any atom is -0.756 e. The predicted octanol–water partition coefficient (Wildman–Crippen LogP) is 24.5. The topological polar surface area (TPSA) is 111 Å². The lowest BCUT2D eigenvalue weighted by atomic mass is 10.0. The first-order valence-electron chi connectivity index (χ1n) is 38.1. The molecule has 520 valence electrons. The molecule has 0 rings (SSSR count). The number of phosphoric acid groups is 1. The van der Waals surface area contributed by atoms with Gasteiger partial charge in [-0.2, -0.15) is 0 Å². The normalized spacial score (nSPS) is 13.5. The Morgan fingerprint density at radius 3 is 0.955 bits per heavy atom. The summed E-state index contributed by atoms with van der Waals surface area (Å²) in [7, 11) is 1.19. The van der Waals surface area contributed by atoms with Crippen molar-refractivity contribution in [3.05, 3.63) is 72.9 Å².